The predicted molar refractivity (Wildman–Crippen MR) is 72.9 cm³/mol. The van der Waals surface area contributed by atoms with Gasteiger partial charge in [-0.1, -0.05) is 19.9 Å². The standard InChI is InChI=1S/C14H14N2OS/c1-9(2)10-4-5-12(17-3)11(6-10)14-13(7-15)18-8-16-14/h4-6,8-9H,1-3H3. The number of methoxy groups -OCH3 is 1. The van der Waals surface area contributed by atoms with Gasteiger partial charge in [0, 0.05) is 5.56 Å². The second-order valence-electron chi connectivity index (χ2n) is 4.26. The molecule has 4 heteroatoms. The van der Waals surface area contributed by atoms with Crippen LogP contribution in [0.2, 0.25) is 0 Å². The van der Waals surface area contributed by atoms with Gasteiger partial charge >= 0.3 is 0 Å². The number of benzene rings is 1. The summed E-state index contributed by atoms with van der Waals surface area (Å²) < 4.78 is 5.36. The Hall–Kier alpha value is -1.86. The van der Waals surface area contributed by atoms with Crippen molar-refractivity contribution in [2.75, 3.05) is 7.11 Å². The molecule has 0 bridgehead atoms. The van der Waals surface area contributed by atoms with Crippen LogP contribution in [0, 0.1) is 11.3 Å². The lowest BCUT2D eigenvalue weighted by Crippen LogP contribution is -1.93. The van der Waals surface area contributed by atoms with Gasteiger partial charge in [-0.05, 0) is 23.6 Å². The van der Waals surface area contributed by atoms with E-state index in [0.29, 0.717) is 16.5 Å². The molecular formula is C14H14N2OS. The van der Waals surface area contributed by atoms with E-state index in [9.17, 15) is 0 Å². The molecule has 0 aliphatic rings. The quantitative estimate of drug-likeness (QED) is 0.840. The van der Waals surface area contributed by atoms with Crippen molar-refractivity contribution in [1.29, 1.82) is 5.26 Å². The number of nitrogens with zero attached hydrogens (tertiary/aromatic N) is 2. The Balaban J connectivity index is 2.61. The Labute approximate surface area is 111 Å². The SMILES string of the molecule is COc1ccc(C(C)C)cc1-c1ncsc1C#N. The van der Waals surface area contributed by atoms with Crippen molar-refractivity contribution in [2.45, 2.75) is 19.8 Å². The zero-order chi connectivity index (χ0) is 13.1. The van der Waals surface area contributed by atoms with Crippen LogP contribution in [-0.2, 0) is 0 Å². The van der Waals surface area contributed by atoms with Crippen LogP contribution in [0.5, 0.6) is 5.75 Å². The second-order valence-corrected chi connectivity index (χ2v) is 5.11. The fraction of sp³-hybridized carbons (Fsp3) is 0.286. The monoisotopic (exact) mass is 258 g/mol. The first-order chi connectivity index (χ1) is 8.67. The van der Waals surface area contributed by atoms with E-state index >= 15 is 0 Å². The van der Waals surface area contributed by atoms with Gasteiger partial charge in [0.1, 0.15) is 22.4 Å². The summed E-state index contributed by atoms with van der Waals surface area (Å²) in [6.45, 7) is 4.27. The molecular weight excluding hydrogens is 244 g/mol. The highest BCUT2D eigenvalue weighted by atomic mass is 32.1. The van der Waals surface area contributed by atoms with Crippen LogP contribution in [0.25, 0.3) is 11.3 Å². The largest absolute Gasteiger partial charge is 0.496 e. The minimum atomic E-state index is 0.429. The maximum atomic E-state index is 9.09. The third-order valence-electron chi connectivity index (χ3n) is 2.81. The molecule has 0 radical (unpaired) electrons. The van der Waals surface area contributed by atoms with Gasteiger partial charge in [-0.25, -0.2) is 4.98 Å². The lowest BCUT2D eigenvalue weighted by Gasteiger charge is -2.11. The van der Waals surface area contributed by atoms with Crippen LogP contribution in [0.3, 0.4) is 0 Å². The van der Waals surface area contributed by atoms with Crippen LogP contribution in [0.15, 0.2) is 23.7 Å². The molecule has 2 rings (SSSR count). The fourth-order valence-electron chi connectivity index (χ4n) is 1.79. The minimum absolute atomic E-state index is 0.429. The molecule has 0 aliphatic carbocycles. The Morgan fingerprint density at radius 1 is 1.39 bits per heavy atom. The van der Waals surface area contributed by atoms with Crippen LogP contribution < -0.4 is 4.74 Å². The molecule has 0 saturated carbocycles. The average molecular weight is 258 g/mol. The van der Waals surface area contributed by atoms with Gasteiger partial charge in [0.05, 0.1) is 12.6 Å². The van der Waals surface area contributed by atoms with E-state index in [4.69, 9.17) is 10.00 Å². The van der Waals surface area contributed by atoms with Gasteiger partial charge in [-0.3, -0.25) is 0 Å². The van der Waals surface area contributed by atoms with Gasteiger partial charge in [-0.2, -0.15) is 5.26 Å². The summed E-state index contributed by atoms with van der Waals surface area (Å²) in [7, 11) is 1.63. The van der Waals surface area contributed by atoms with Crippen molar-refractivity contribution in [2.24, 2.45) is 0 Å². The molecule has 0 spiro atoms. The zero-order valence-electron chi connectivity index (χ0n) is 10.6. The molecule has 0 atom stereocenters. The van der Waals surface area contributed by atoms with Gasteiger partial charge in [0.2, 0.25) is 0 Å². The smallest absolute Gasteiger partial charge is 0.132 e. The first-order valence-electron chi connectivity index (χ1n) is 5.69. The lowest BCUT2D eigenvalue weighted by molar-refractivity contribution is 0.416. The molecule has 92 valence electrons. The van der Waals surface area contributed by atoms with E-state index in [1.54, 1.807) is 12.6 Å². The van der Waals surface area contributed by atoms with E-state index in [0.717, 1.165) is 11.3 Å². The molecule has 1 aromatic heterocycles. The number of aromatic nitrogens is 1. The third kappa shape index (κ3) is 2.22. The zero-order valence-corrected chi connectivity index (χ0v) is 11.4. The summed E-state index contributed by atoms with van der Waals surface area (Å²) in [6.07, 6.45) is 0. The third-order valence-corrected chi connectivity index (χ3v) is 3.55. The Kier molecular flexibility index (Phi) is 3.63. The van der Waals surface area contributed by atoms with E-state index in [-0.39, 0.29) is 0 Å². The topological polar surface area (TPSA) is 45.9 Å². The van der Waals surface area contributed by atoms with E-state index in [1.807, 2.05) is 12.1 Å². The average Bonchev–Trinajstić information content (AvgIpc) is 2.85. The molecule has 2 aromatic rings. The molecule has 18 heavy (non-hydrogen) atoms. The highest BCUT2D eigenvalue weighted by molar-refractivity contribution is 7.10. The van der Waals surface area contributed by atoms with Crippen LogP contribution >= 0.6 is 11.3 Å². The molecule has 0 N–H and O–H groups in total. The summed E-state index contributed by atoms with van der Waals surface area (Å²) in [5.41, 5.74) is 4.50. The van der Waals surface area contributed by atoms with Gasteiger partial charge < -0.3 is 4.74 Å². The van der Waals surface area contributed by atoms with Crippen molar-refractivity contribution in [3.63, 3.8) is 0 Å². The highest BCUT2D eigenvalue weighted by Crippen LogP contribution is 2.34. The summed E-state index contributed by atoms with van der Waals surface area (Å²) >= 11 is 1.35. The summed E-state index contributed by atoms with van der Waals surface area (Å²) in [5, 5.41) is 9.09. The van der Waals surface area contributed by atoms with Crippen molar-refractivity contribution < 1.29 is 4.74 Å². The van der Waals surface area contributed by atoms with Crippen LogP contribution in [0.4, 0.5) is 0 Å². The second kappa shape index (κ2) is 5.19. The maximum absolute atomic E-state index is 9.09. The number of rotatable bonds is 3. The lowest BCUT2D eigenvalue weighted by atomic mass is 9.98. The van der Waals surface area contributed by atoms with Crippen molar-refractivity contribution >= 4 is 11.3 Å². The van der Waals surface area contributed by atoms with E-state index in [2.05, 4.69) is 31.0 Å². The minimum Gasteiger partial charge on any atom is -0.496 e. The first kappa shape index (κ1) is 12.6. The van der Waals surface area contributed by atoms with Gasteiger partial charge in [0.25, 0.3) is 0 Å². The Morgan fingerprint density at radius 3 is 2.78 bits per heavy atom. The first-order valence-corrected chi connectivity index (χ1v) is 6.57. The number of nitriles is 1. The Morgan fingerprint density at radius 2 is 2.17 bits per heavy atom. The number of hydrogen-bond donors (Lipinski definition) is 0. The Bertz CT molecular complexity index is 596. The summed E-state index contributed by atoms with van der Waals surface area (Å²) in [5.74, 6) is 1.18. The maximum Gasteiger partial charge on any atom is 0.132 e. The number of ether oxygens (including phenoxy) is 1. The summed E-state index contributed by atoms with van der Waals surface area (Å²) in [6, 6.07) is 8.21. The molecule has 1 heterocycles. The van der Waals surface area contributed by atoms with Gasteiger partial charge in [0.15, 0.2) is 0 Å². The number of thiazole rings is 1. The molecule has 0 unspecified atom stereocenters. The fourth-order valence-corrected chi connectivity index (χ4v) is 2.38. The van der Waals surface area contributed by atoms with Crippen molar-refractivity contribution in [3.8, 4) is 23.1 Å². The molecule has 0 amide bonds. The highest BCUT2D eigenvalue weighted by Gasteiger charge is 2.14. The van der Waals surface area contributed by atoms with E-state index < -0.39 is 0 Å². The van der Waals surface area contributed by atoms with Crippen molar-refractivity contribution in [3.05, 3.63) is 34.2 Å². The molecule has 0 fully saturated rings. The van der Waals surface area contributed by atoms with Gasteiger partial charge in [-0.15, -0.1) is 11.3 Å². The molecule has 3 nitrogen and oxygen atoms in total. The molecule has 0 saturated heterocycles. The van der Waals surface area contributed by atoms with E-state index in [1.165, 1.54) is 16.9 Å². The normalized spacial score (nSPS) is 10.4. The summed E-state index contributed by atoms with van der Waals surface area (Å²) in [4.78, 5) is 4.90. The van der Waals surface area contributed by atoms with Crippen LogP contribution in [0.1, 0.15) is 30.2 Å². The van der Waals surface area contributed by atoms with Crippen LogP contribution in [-0.4, -0.2) is 12.1 Å². The molecule has 1 aromatic carbocycles. The molecule has 0 aliphatic heterocycles. The predicted octanol–water partition coefficient (Wildman–Crippen LogP) is 3.81. The number of hydrogen-bond acceptors (Lipinski definition) is 4. The van der Waals surface area contributed by atoms with Crippen molar-refractivity contribution in [1.82, 2.24) is 4.98 Å².